The number of hydrogen-bond donors (Lipinski definition) is 1. The first-order chi connectivity index (χ1) is 6.20. The molecular formula is C10H7O3. The van der Waals surface area contributed by atoms with Gasteiger partial charge in [0.25, 0.3) is 0 Å². The summed E-state index contributed by atoms with van der Waals surface area (Å²) in [7, 11) is 0. The molecule has 13 heavy (non-hydrogen) atoms. The highest BCUT2D eigenvalue weighted by atomic mass is 16.4. The normalized spacial score (nSPS) is 10.5. The summed E-state index contributed by atoms with van der Waals surface area (Å²) in [5, 5.41) is 9.50. The summed E-state index contributed by atoms with van der Waals surface area (Å²) >= 11 is 0. The summed E-state index contributed by atoms with van der Waals surface area (Å²) in [5.41, 5.74) is 1.19. The van der Waals surface area contributed by atoms with Crippen molar-refractivity contribution in [1.82, 2.24) is 0 Å². The van der Waals surface area contributed by atoms with Crippen LogP contribution in [0.15, 0.2) is 22.6 Å². The Morgan fingerprint density at radius 2 is 2.38 bits per heavy atom. The lowest BCUT2D eigenvalue weighted by Crippen LogP contribution is -1.95. The lowest BCUT2D eigenvalue weighted by atomic mass is 10.1. The molecular weight excluding hydrogens is 168 g/mol. The van der Waals surface area contributed by atoms with Gasteiger partial charge >= 0.3 is 5.97 Å². The molecule has 65 valence electrons. The monoisotopic (exact) mass is 175 g/mol. The van der Waals surface area contributed by atoms with Crippen LogP contribution in [0.2, 0.25) is 0 Å². The number of furan rings is 1. The zero-order valence-corrected chi connectivity index (χ0v) is 7.00. The third-order valence-corrected chi connectivity index (χ3v) is 1.94. The molecule has 0 spiro atoms. The van der Waals surface area contributed by atoms with E-state index >= 15 is 0 Å². The predicted molar refractivity (Wildman–Crippen MR) is 46.7 cm³/mol. The Labute approximate surface area is 74.6 Å². The van der Waals surface area contributed by atoms with Crippen LogP contribution < -0.4 is 0 Å². The number of hydrogen-bond acceptors (Lipinski definition) is 2. The van der Waals surface area contributed by atoms with E-state index in [2.05, 4.69) is 6.07 Å². The molecule has 0 atom stereocenters. The Kier molecular flexibility index (Phi) is 1.59. The molecule has 2 aromatic rings. The summed E-state index contributed by atoms with van der Waals surface area (Å²) in [5.74, 6) is -1.04. The lowest BCUT2D eigenvalue weighted by Gasteiger charge is -1.86. The van der Waals surface area contributed by atoms with E-state index in [0.717, 1.165) is 5.39 Å². The molecule has 0 aliphatic carbocycles. The number of benzene rings is 1. The van der Waals surface area contributed by atoms with Gasteiger partial charge in [0.2, 0.25) is 5.76 Å². The van der Waals surface area contributed by atoms with Crippen LogP contribution in [0.5, 0.6) is 0 Å². The Balaban J connectivity index is 2.81. The molecule has 3 nitrogen and oxygen atoms in total. The Morgan fingerprint density at radius 1 is 1.62 bits per heavy atom. The first kappa shape index (κ1) is 7.86. The Bertz CT molecular complexity index is 468. The molecule has 0 saturated heterocycles. The van der Waals surface area contributed by atoms with Gasteiger partial charge in [0.15, 0.2) is 0 Å². The molecule has 0 saturated carbocycles. The second-order valence-corrected chi connectivity index (χ2v) is 2.77. The fraction of sp³-hybridized carbons (Fsp3) is 0.100. The summed E-state index contributed by atoms with van der Waals surface area (Å²) < 4.78 is 5.13. The molecule has 1 aromatic carbocycles. The molecule has 1 heterocycles. The van der Waals surface area contributed by atoms with Crippen LogP contribution in [0.25, 0.3) is 11.0 Å². The minimum Gasteiger partial charge on any atom is -0.475 e. The number of carboxylic acid groups (broad SMARTS) is 1. The van der Waals surface area contributed by atoms with E-state index in [1.807, 2.05) is 0 Å². The minimum atomic E-state index is -1.04. The van der Waals surface area contributed by atoms with Crippen LogP contribution in [-0.4, -0.2) is 11.1 Å². The first-order valence-electron chi connectivity index (χ1n) is 3.83. The van der Waals surface area contributed by atoms with Crippen molar-refractivity contribution >= 4 is 16.9 Å². The fourth-order valence-corrected chi connectivity index (χ4v) is 1.30. The number of aryl methyl sites for hydroxylation is 1. The summed E-state index contributed by atoms with van der Waals surface area (Å²) in [4.78, 5) is 10.7. The molecule has 0 amide bonds. The second kappa shape index (κ2) is 2.62. The molecule has 0 unspecified atom stereocenters. The molecule has 1 radical (unpaired) electrons. The van der Waals surface area contributed by atoms with E-state index in [0.29, 0.717) is 11.1 Å². The van der Waals surface area contributed by atoms with Crippen LogP contribution in [0, 0.1) is 13.0 Å². The maximum atomic E-state index is 10.7. The van der Waals surface area contributed by atoms with Crippen molar-refractivity contribution in [1.29, 1.82) is 0 Å². The van der Waals surface area contributed by atoms with E-state index < -0.39 is 5.97 Å². The first-order valence-corrected chi connectivity index (χ1v) is 3.83. The topological polar surface area (TPSA) is 50.4 Å². The summed E-state index contributed by atoms with van der Waals surface area (Å²) in [6.45, 7) is 1.71. The quantitative estimate of drug-likeness (QED) is 0.723. The zero-order valence-electron chi connectivity index (χ0n) is 7.00. The molecule has 0 aliphatic rings. The van der Waals surface area contributed by atoms with Crippen molar-refractivity contribution in [3.8, 4) is 0 Å². The SMILES string of the molecule is Cc1c(C(=O)O)oc2ccc[c]c12. The molecule has 1 aromatic heterocycles. The highest BCUT2D eigenvalue weighted by molar-refractivity contribution is 5.94. The van der Waals surface area contributed by atoms with Gasteiger partial charge in [-0.25, -0.2) is 4.79 Å². The highest BCUT2D eigenvalue weighted by Gasteiger charge is 2.15. The van der Waals surface area contributed by atoms with Gasteiger partial charge in [0.1, 0.15) is 5.58 Å². The van der Waals surface area contributed by atoms with Crippen LogP contribution in [-0.2, 0) is 0 Å². The van der Waals surface area contributed by atoms with Crippen LogP contribution in [0.1, 0.15) is 16.1 Å². The molecule has 3 heteroatoms. The Morgan fingerprint density at radius 3 is 3.00 bits per heavy atom. The maximum absolute atomic E-state index is 10.7. The van der Waals surface area contributed by atoms with E-state index in [9.17, 15) is 4.79 Å². The van der Waals surface area contributed by atoms with Gasteiger partial charge in [-0.05, 0) is 19.1 Å². The number of aromatic carboxylic acids is 1. The van der Waals surface area contributed by atoms with Crippen LogP contribution >= 0.6 is 0 Å². The van der Waals surface area contributed by atoms with Gasteiger partial charge in [0.05, 0.1) is 0 Å². The number of fused-ring (bicyclic) bond motifs is 1. The minimum absolute atomic E-state index is 0.00236. The van der Waals surface area contributed by atoms with Crippen molar-refractivity contribution in [2.45, 2.75) is 6.92 Å². The number of carboxylic acids is 1. The molecule has 0 aliphatic heterocycles. The largest absolute Gasteiger partial charge is 0.475 e. The van der Waals surface area contributed by atoms with Gasteiger partial charge in [0, 0.05) is 10.9 Å². The molecule has 2 rings (SSSR count). The Hall–Kier alpha value is -1.77. The van der Waals surface area contributed by atoms with Crippen LogP contribution in [0.4, 0.5) is 0 Å². The molecule has 0 fully saturated rings. The number of rotatable bonds is 1. The van der Waals surface area contributed by atoms with Gasteiger partial charge < -0.3 is 9.52 Å². The average molecular weight is 175 g/mol. The third kappa shape index (κ3) is 1.09. The summed E-state index contributed by atoms with van der Waals surface area (Å²) in [6, 6.07) is 8.16. The average Bonchev–Trinajstić information content (AvgIpc) is 2.45. The van der Waals surface area contributed by atoms with Gasteiger partial charge in [-0.3, -0.25) is 0 Å². The van der Waals surface area contributed by atoms with Crippen molar-refractivity contribution in [2.24, 2.45) is 0 Å². The van der Waals surface area contributed by atoms with Crippen molar-refractivity contribution in [3.05, 3.63) is 35.6 Å². The lowest BCUT2D eigenvalue weighted by molar-refractivity contribution is 0.0664. The van der Waals surface area contributed by atoms with E-state index in [-0.39, 0.29) is 5.76 Å². The van der Waals surface area contributed by atoms with E-state index in [4.69, 9.17) is 9.52 Å². The van der Waals surface area contributed by atoms with Gasteiger partial charge in [-0.2, -0.15) is 0 Å². The van der Waals surface area contributed by atoms with E-state index in [1.54, 1.807) is 25.1 Å². The third-order valence-electron chi connectivity index (χ3n) is 1.94. The maximum Gasteiger partial charge on any atom is 0.372 e. The van der Waals surface area contributed by atoms with Crippen LogP contribution in [0.3, 0.4) is 0 Å². The molecule has 1 N–H and O–H groups in total. The van der Waals surface area contributed by atoms with Crippen molar-refractivity contribution in [3.63, 3.8) is 0 Å². The van der Waals surface area contributed by atoms with Crippen molar-refractivity contribution in [2.75, 3.05) is 0 Å². The van der Waals surface area contributed by atoms with Crippen molar-refractivity contribution < 1.29 is 14.3 Å². The predicted octanol–water partition coefficient (Wildman–Crippen LogP) is 2.24. The highest BCUT2D eigenvalue weighted by Crippen LogP contribution is 2.23. The van der Waals surface area contributed by atoms with Gasteiger partial charge in [-0.1, -0.05) is 12.1 Å². The zero-order chi connectivity index (χ0) is 9.42. The smallest absolute Gasteiger partial charge is 0.372 e. The standard InChI is InChI=1S/C10H7O3/c1-6-7-4-2-3-5-8(7)13-9(6)10(11)12/h2-3,5H,1H3,(H,11,12). The number of carbonyl (C=O) groups is 1. The molecule has 0 bridgehead atoms. The second-order valence-electron chi connectivity index (χ2n) is 2.77. The fourth-order valence-electron chi connectivity index (χ4n) is 1.30. The summed E-state index contributed by atoms with van der Waals surface area (Å²) in [6.07, 6.45) is 0. The van der Waals surface area contributed by atoms with Gasteiger partial charge in [-0.15, -0.1) is 0 Å². The van der Waals surface area contributed by atoms with E-state index in [1.165, 1.54) is 0 Å².